The number of amides is 1. The van der Waals surface area contributed by atoms with Crippen LogP contribution in [0.1, 0.15) is 17.4 Å². The van der Waals surface area contributed by atoms with Crippen molar-refractivity contribution in [3.8, 4) is 11.5 Å². The summed E-state index contributed by atoms with van der Waals surface area (Å²) in [4.78, 5) is 16.9. The molecule has 140 valence electrons. The molecule has 0 unspecified atom stereocenters. The first-order chi connectivity index (χ1) is 13.1. The monoisotopic (exact) mass is 385 g/mol. The molecule has 1 aromatic heterocycles. The summed E-state index contributed by atoms with van der Waals surface area (Å²) in [5, 5.41) is 3.43. The minimum atomic E-state index is -0.442. The zero-order valence-corrected chi connectivity index (χ0v) is 15.8. The number of benzene rings is 2. The fourth-order valence-corrected chi connectivity index (χ4v) is 2.87. The van der Waals surface area contributed by atoms with Gasteiger partial charge in [-0.05, 0) is 29.8 Å². The van der Waals surface area contributed by atoms with E-state index in [1.54, 1.807) is 37.6 Å². The summed E-state index contributed by atoms with van der Waals surface area (Å²) in [6, 6.07) is 14.1. The fraction of sp³-hybridized carbons (Fsp3) is 0.200. The van der Waals surface area contributed by atoms with Crippen molar-refractivity contribution in [1.82, 2.24) is 14.9 Å². The van der Waals surface area contributed by atoms with Gasteiger partial charge in [-0.1, -0.05) is 35.9 Å². The van der Waals surface area contributed by atoms with E-state index in [0.717, 1.165) is 5.56 Å². The molecule has 1 amide bonds. The van der Waals surface area contributed by atoms with Crippen LogP contribution in [0.5, 0.6) is 11.5 Å². The van der Waals surface area contributed by atoms with Gasteiger partial charge in [0.25, 0.3) is 5.91 Å². The van der Waals surface area contributed by atoms with Crippen LogP contribution in [0, 0.1) is 0 Å². The van der Waals surface area contributed by atoms with Crippen molar-refractivity contribution in [2.75, 3.05) is 13.7 Å². The highest BCUT2D eigenvalue weighted by Crippen LogP contribution is 2.25. The van der Waals surface area contributed by atoms with Gasteiger partial charge >= 0.3 is 0 Å². The van der Waals surface area contributed by atoms with Crippen molar-refractivity contribution in [2.45, 2.75) is 6.04 Å². The van der Waals surface area contributed by atoms with Crippen LogP contribution < -0.4 is 14.8 Å². The van der Waals surface area contributed by atoms with Crippen LogP contribution in [0.2, 0.25) is 5.02 Å². The van der Waals surface area contributed by atoms with Gasteiger partial charge in [-0.15, -0.1) is 0 Å². The molecule has 2 aromatic carbocycles. The number of aryl methyl sites for hydroxylation is 1. The van der Waals surface area contributed by atoms with Crippen LogP contribution in [-0.2, 0) is 11.8 Å². The van der Waals surface area contributed by atoms with E-state index in [0.29, 0.717) is 22.3 Å². The number of methoxy groups -OCH3 is 1. The number of nitrogens with one attached hydrogen (secondary N) is 1. The van der Waals surface area contributed by atoms with Gasteiger partial charge in [0, 0.05) is 19.4 Å². The molecule has 0 fully saturated rings. The fourth-order valence-electron chi connectivity index (χ4n) is 2.68. The largest absolute Gasteiger partial charge is 0.497 e. The molecule has 1 heterocycles. The molecule has 0 aliphatic carbocycles. The molecule has 0 bridgehead atoms. The molecule has 1 atom stereocenters. The first kappa shape index (κ1) is 18.8. The number of hydrogen-bond acceptors (Lipinski definition) is 4. The van der Waals surface area contributed by atoms with E-state index in [1.165, 1.54) is 0 Å². The maximum absolute atomic E-state index is 12.5. The lowest BCUT2D eigenvalue weighted by atomic mass is 10.1. The zero-order chi connectivity index (χ0) is 19.2. The number of aromatic nitrogens is 2. The number of hydrogen-bond donors (Lipinski definition) is 1. The molecular formula is C20H20ClN3O3. The van der Waals surface area contributed by atoms with E-state index >= 15 is 0 Å². The Hall–Kier alpha value is -2.99. The second-order valence-electron chi connectivity index (χ2n) is 5.89. The van der Waals surface area contributed by atoms with E-state index < -0.39 is 6.04 Å². The molecular weight excluding hydrogens is 366 g/mol. The van der Waals surface area contributed by atoms with E-state index in [1.807, 2.05) is 42.1 Å². The third kappa shape index (κ3) is 4.60. The average Bonchev–Trinajstić information content (AvgIpc) is 3.11. The van der Waals surface area contributed by atoms with E-state index in [9.17, 15) is 4.79 Å². The van der Waals surface area contributed by atoms with Gasteiger partial charge in [0.1, 0.15) is 23.4 Å². The highest BCUT2D eigenvalue weighted by molar-refractivity contribution is 6.32. The van der Waals surface area contributed by atoms with Crippen molar-refractivity contribution in [2.24, 2.45) is 7.05 Å². The molecule has 27 heavy (non-hydrogen) atoms. The number of nitrogens with zero attached hydrogens (tertiary/aromatic N) is 2. The Morgan fingerprint density at radius 2 is 2.07 bits per heavy atom. The van der Waals surface area contributed by atoms with Crippen molar-refractivity contribution in [3.05, 3.63) is 77.3 Å². The normalized spacial score (nSPS) is 11.7. The third-order valence-electron chi connectivity index (χ3n) is 4.04. The van der Waals surface area contributed by atoms with Crippen LogP contribution in [0.15, 0.2) is 60.9 Å². The Kier molecular flexibility index (Phi) is 5.98. The summed E-state index contributed by atoms with van der Waals surface area (Å²) >= 11 is 6.06. The molecule has 0 spiro atoms. The minimum absolute atomic E-state index is 0.158. The Balaban J connectivity index is 1.78. The van der Waals surface area contributed by atoms with Crippen LogP contribution >= 0.6 is 11.6 Å². The second kappa shape index (κ2) is 8.60. The van der Waals surface area contributed by atoms with E-state index in [2.05, 4.69) is 10.3 Å². The lowest BCUT2D eigenvalue weighted by Crippen LogP contribution is -2.34. The number of imidazole rings is 1. The van der Waals surface area contributed by atoms with Crippen LogP contribution in [0.4, 0.5) is 0 Å². The molecule has 0 radical (unpaired) electrons. The summed E-state index contributed by atoms with van der Waals surface area (Å²) in [6.07, 6.45) is 3.52. The van der Waals surface area contributed by atoms with Gasteiger partial charge in [0.2, 0.25) is 0 Å². The predicted molar refractivity (Wildman–Crippen MR) is 103 cm³/mol. The highest BCUT2D eigenvalue weighted by atomic mass is 35.5. The maximum Gasteiger partial charge on any atom is 0.258 e. The summed E-state index contributed by atoms with van der Waals surface area (Å²) in [7, 11) is 3.48. The van der Waals surface area contributed by atoms with Gasteiger partial charge in [-0.2, -0.15) is 0 Å². The topological polar surface area (TPSA) is 65.4 Å². The number of para-hydroxylation sites is 1. The summed E-state index contributed by atoms with van der Waals surface area (Å²) < 4.78 is 12.7. The van der Waals surface area contributed by atoms with Crippen molar-refractivity contribution >= 4 is 17.5 Å². The third-order valence-corrected chi connectivity index (χ3v) is 4.36. The first-order valence-corrected chi connectivity index (χ1v) is 8.74. The molecule has 0 aliphatic rings. The molecule has 0 saturated heterocycles. The maximum atomic E-state index is 12.5. The average molecular weight is 386 g/mol. The number of carbonyl (C=O) groups is 1. The molecule has 1 N–H and O–H groups in total. The number of rotatable bonds is 7. The van der Waals surface area contributed by atoms with Crippen molar-refractivity contribution < 1.29 is 14.3 Å². The molecule has 6 nitrogen and oxygen atoms in total. The van der Waals surface area contributed by atoms with Crippen LogP contribution in [-0.4, -0.2) is 29.2 Å². The number of halogens is 1. The first-order valence-electron chi connectivity index (χ1n) is 8.36. The lowest BCUT2D eigenvalue weighted by molar-refractivity contribution is -0.123. The van der Waals surface area contributed by atoms with Crippen LogP contribution in [0.3, 0.4) is 0 Å². The smallest absolute Gasteiger partial charge is 0.258 e. The van der Waals surface area contributed by atoms with E-state index in [4.69, 9.17) is 21.1 Å². The number of carbonyl (C=O) groups excluding carboxylic acids is 1. The van der Waals surface area contributed by atoms with Crippen molar-refractivity contribution in [1.29, 1.82) is 0 Å². The summed E-state index contributed by atoms with van der Waals surface area (Å²) in [5.74, 6) is 1.58. The zero-order valence-electron chi connectivity index (χ0n) is 15.1. The quantitative estimate of drug-likeness (QED) is 0.677. The lowest BCUT2D eigenvalue weighted by Gasteiger charge is -2.20. The molecule has 0 aliphatic heterocycles. The van der Waals surface area contributed by atoms with Gasteiger partial charge in [-0.25, -0.2) is 4.98 Å². The van der Waals surface area contributed by atoms with Gasteiger partial charge in [0.15, 0.2) is 6.61 Å². The SMILES string of the molecule is COc1cccc([C@H](NC(=O)COc2ccccc2Cl)c2nccn2C)c1. The Labute approximate surface area is 162 Å². The van der Waals surface area contributed by atoms with Crippen LogP contribution in [0.25, 0.3) is 0 Å². The Morgan fingerprint density at radius 1 is 1.26 bits per heavy atom. The standard InChI is InChI=1S/C20H20ClN3O3/c1-24-11-10-22-20(24)19(14-6-5-7-15(12-14)26-2)23-18(25)13-27-17-9-4-3-8-16(17)21/h3-12,19H,13H2,1-2H3,(H,23,25)/t19-/m0/s1. The van der Waals surface area contributed by atoms with E-state index in [-0.39, 0.29) is 12.5 Å². The second-order valence-corrected chi connectivity index (χ2v) is 6.30. The van der Waals surface area contributed by atoms with Gasteiger partial charge < -0.3 is 19.4 Å². The van der Waals surface area contributed by atoms with Gasteiger partial charge in [0.05, 0.1) is 12.1 Å². The summed E-state index contributed by atoms with van der Waals surface area (Å²) in [6.45, 7) is -0.158. The number of ether oxygens (including phenoxy) is 2. The Morgan fingerprint density at radius 3 is 2.78 bits per heavy atom. The highest BCUT2D eigenvalue weighted by Gasteiger charge is 2.21. The Bertz CT molecular complexity index is 926. The molecule has 3 aromatic rings. The molecule has 0 saturated carbocycles. The summed E-state index contributed by atoms with van der Waals surface area (Å²) in [5.41, 5.74) is 0.856. The predicted octanol–water partition coefficient (Wildman–Crippen LogP) is 3.37. The van der Waals surface area contributed by atoms with Gasteiger partial charge in [-0.3, -0.25) is 4.79 Å². The van der Waals surface area contributed by atoms with Crippen molar-refractivity contribution in [3.63, 3.8) is 0 Å². The minimum Gasteiger partial charge on any atom is -0.497 e. The molecule has 3 rings (SSSR count). The molecule has 7 heteroatoms.